The molecule has 36 heavy (non-hydrogen) atoms. The third-order valence-electron chi connectivity index (χ3n) is 5.22. The third kappa shape index (κ3) is 5.42. The van der Waals surface area contributed by atoms with Crippen LogP contribution in [0.5, 0.6) is 17.2 Å². The van der Waals surface area contributed by atoms with Crippen LogP contribution in [0.1, 0.15) is 0 Å². The van der Waals surface area contributed by atoms with Crippen molar-refractivity contribution in [3.8, 4) is 28.5 Å². The van der Waals surface area contributed by atoms with Crippen molar-refractivity contribution in [3.63, 3.8) is 0 Å². The first-order chi connectivity index (χ1) is 17.4. The number of anilines is 2. The van der Waals surface area contributed by atoms with Gasteiger partial charge in [0.25, 0.3) is 0 Å². The standard InChI is InChI=1S/C24H24BrClN6O4/c1-34-19-10-14(11-20(35-2)22(19)36-3)30-24(33)28-9-8-27-21-12-18(15-6-4-5-7-17(15)26)31-23-16(25)13-29-32(21)23/h4-7,10-13,27H,8-9H2,1-3H3,(H2,28,30,33). The van der Waals surface area contributed by atoms with E-state index in [-0.39, 0.29) is 6.03 Å². The zero-order valence-corrected chi connectivity index (χ0v) is 22.1. The van der Waals surface area contributed by atoms with E-state index in [2.05, 4.69) is 37.0 Å². The summed E-state index contributed by atoms with van der Waals surface area (Å²) in [4.78, 5) is 17.1. The van der Waals surface area contributed by atoms with Gasteiger partial charge >= 0.3 is 6.03 Å². The van der Waals surface area contributed by atoms with Crippen LogP contribution in [-0.2, 0) is 0 Å². The fraction of sp³-hybridized carbons (Fsp3) is 0.208. The van der Waals surface area contributed by atoms with E-state index in [1.54, 1.807) is 22.8 Å². The Kier molecular flexibility index (Phi) is 8.01. The maximum atomic E-state index is 12.5. The van der Waals surface area contributed by atoms with Crippen molar-refractivity contribution in [2.75, 3.05) is 45.1 Å². The number of hydrogen-bond acceptors (Lipinski definition) is 7. The molecule has 0 atom stereocenters. The number of ether oxygens (including phenoxy) is 3. The third-order valence-corrected chi connectivity index (χ3v) is 6.11. The Labute approximate surface area is 221 Å². The molecule has 0 radical (unpaired) electrons. The van der Waals surface area contributed by atoms with Crippen LogP contribution < -0.4 is 30.2 Å². The second-order valence-electron chi connectivity index (χ2n) is 7.46. The van der Waals surface area contributed by atoms with E-state index in [0.717, 1.165) is 10.0 Å². The first-order valence-corrected chi connectivity index (χ1v) is 12.0. The quantitative estimate of drug-likeness (QED) is 0.239. The van der Waals surface area contributed by atoms with Crippen molar-refractivity contribution in [2.45, 2.75) is 0 Å². The molecule has 2 amide bonds. The fourth-order valence-electron chi connectivity index (χ4n) is 3.56. The summed E-state index contributed by atoms with van der Waals surface area (Å²) < 4.78 is 18.4. The molecule has 0 aliphatic heterocycles. The number of rotatable bonds is 9. The van der Waals surface area contributed by atoms with Crippen LogP contribution in [-0.4, -0.2) is 55.0 Å². The SMILES string of the molecule is COc1cc(NC(=O)NCCNc2cc(-c3ccccc3Cl)nc3c(Br)cnn23)cc(OC)c1OC. The molecule has 0 aliphatic carbocycles. The maximum Gasteiger partial charge on any atom is 0.319 e. The van der Waals surface area contributed by atoms with E-state index in [1.165, 1.54) is 21.3 Å². The molecular weight excluding hydrogens is 552 g/mol. The monoisotopic (exact) mass is 574 g/mol. The number of hydrogen-bond donors (Lipinski definition) is 3. The fourth-order valence-corrected chi connectivity index (χ4v) is 4.14. The van der Waals surface area contributed by atoms with Gasteiger partial charge in [-0.2, -0.15) is 9.61 Å². The van der Waals surface area contributed by atoms with E-state index in [9.17, 15) is 4.79 Å². The molecule has 3 N–H and O–H groups in total. The Bertz CT molecular complexity index is 1370. The smallest absolute Gasteiger partial charge is 0.319 e. The lowest BCUT2D eigenvalue weighted by Crippen LogP contribution is -2.32. The number of benzene rings is 2. The zero-order valence-electron chi connectivity index (χ0n) is 19.8. The minimum absolute atomic E-state index is 0.337. The number of aromatic nitrogens is 3. The van der Waals surface area contributed by atoms with Gasteiger partial charge in [0.1, 0.15) is 5.82 Å². The summed E-state index contributed by atoms with van der Waals surface area (Å²) in [5.74, 6) is 2.03. The average Bonchev–Trinajstić information content (AvgIpc) is 3.26. The number of halogens is 2. The van der Waals surface area contributed by atoms with E-state index in [0.29, 0.717) is 58.2 Å². The van der Waals surface area contributed by atoms with Crippen LogP contribution in [0.4, 0.5) is 16.3 Å². The largest absolute Gasteiger partial charge is 0.493 e. The molecule has 0 saturated carbocycles. The van der Waals surface area contributed by atoms with Gasteiger partial charge in [-0.3, -0.25) is 0 Å². The Hall–Kier alpha value is -3.70. The number of amides is 2. The van der Waals surface area contributed by atoms with E-state index in [1.807, 2.05) is 30.3 Å². The summed E-state index contributed by atoms with van der Waals surface area (Å²) in [5, 5.41) is 13.8. The number of methoxy groups -OCH3 is 3. The van der Waals surface area contributed by atoms with Gasteiger partial charge in [0, 0.05) is 41.9 Å². The predicted octanol–water partition coefficient (Wildman–Crippen LogP) is 5.07. The highest BCUT2D eigenvalue weighted by molar-refractivity contribution is 9.10. The summed E-state index contributed by atoms with van der Waals surface area (Å²) in [5.41, 5.74) is 2.64. The van der Waals surface area contributed by atoms with Crippen LogP contribution >= 0.6 is 27.5 Å². The lowest BCUT2D eigenvalue weighted by atomic mass is 10.1. The lowest BCUT2D eigenvalue weighted by Gasteiger charge is -2.15. The summed E-state index contributed by atoms with van der Waals surface area (Å²) in [6.45, 7) is 0.769. The molecule has 188 valence electrons. The highest BCUT2D eigenvalue weighted by atomic mass is 79.9. The van der Waals surface area contributed by atoms with Crippen molar-refractivity contribution < 1.29 is 19.0 Å². The van der Waals surface area contributed by atoms with Gasteiger partial charge in [-0.1, -0.05) is 29.8 Å². The number of carbonyl (C=O) groups excluding carboxylic acids is 1. The van der Waals surface area contributed by atoms with E-state index >= 15 is 0 Å². The molecule has 2 aromatic carbocycles. The highest BCUT2D eigenvalue weighted by Crippen LogP contribution is 2.39. The predicted molar refractivity (Wildman–Crippen MR) is 143 cm³/mol. The number of nitrogens with zero attached hydrogens (tertiary/aromatic N) is 3. The number of fused-ring (bicyclic) bond motifs is 1. The van der Waals surface area contributed by atoms with Gasteiger partial charge in [0.2, 0.25) is 5.75 Å². The molecule has 0 aliphatic rings. The van der Waals surface area contributed by atoms with E-state index < -0.39 is 0 Å². The summed E-state index contributed by atoms with van der Waals surface area (Å²) in [6, 6.07) is 12.3. The number of urea groups is 1. The van der Waals surface area contributed by atoms with E-state index in [4.69, 9.17) is 30.8 Å². The van der Waals surface area contributed by atoms with Crippen LogP contribution in [0, 0.1) is 0 Å². The molecular formula is C24H24BrClN6O4. The zero-order chi connectivity index (χ0) is 25.7. The van der Waals surface area contributed by atoms with Crippen molar-refractivity contribution in [3.05, 3.63) is 58.2 Å². The minimum Gasteiger partial charge on any atom is -0.493 e. The number of carbonyl (C=O) groups is 1. The Morgan fingerprint density at radius 1 is 1.06 bits per heavy atom. The maximum absolute atomic E-state index is 12.5. The first-order valence-electron chi connectivity index (χ1n) is 10.8. The molecule has 10 nitrogen and oxygen atoms in total. The van der Waals surface area contributed by atoms with Crippen LogP contribution in [0.25, 0.3) is 16.9 Å². The summed E-state index contributed by atoms with van der Waals surface area (Å²) in [6.07, 6.45) is 1.67. The molecule has 0 fully saturated rings. The van der Waals surface area contributed by atoms with Gasteiger partial charge in [-0.25, -0.2) is 9.78 Å². The van der Waals surface area contributed by atoms with Crippen LogP contribution in [0.15, 0.2) is 53.1 Å². The Morgan fingerprint density at radius 3 is 2.44 bits per heavy atom. The normalized spacial score (nSPS) is 10.7. The van der Waals surface area contributed by atoms with Crippen LogP contribution in [0.3, 0.4) is 0 Å². The molecule has 0 bridgehead atoms. The molecule has 2 heterocycles. The first kappa shape index (κ1) is 25.4. The van der Waals surface area contributed by atoms with Crippen molar-refractivity contribution in [1.82, 2.24) is 19.9 Å². The topological polar surface area (TPSA) is 111 Å². The Balaban J connectivity index is 1.42. The second kappa shape index (κ2) is 11.4. The summed E-state index contributed by atoms with van der Waals surface area (Å²) >= 11 is 9.88. The second-order valence-corrected chi connectivity index (χ2v) is 8.72. The number of nitrogens with one attached hydrogen (secondary N) is 3. The average molecular weight is 576 g/mol. The molecule has 12 heteroatoms. The van der Waals surface area contributed by atoms with Gasteiger partial charge in [-0.05, 0) is 22.0 Å². The van der Waals surface area contributed by atoms with Crippen LogP contribution in [0.2, 0.25) is 5.02 Å². The molecule has 2 aromatic heterocycles. The molecule has 0 saturated heterocycles. The van der Waals surface area contributed by atoms with Crippen molar-refractivity contribution >= 4 is 50.7 Å². The summed E-state index contributed by atoms with van der Waals surface area (Å²) in [7, 11) is 4.54. The van der Waals surface area contributed by atoms with Crippen molar-refractivity contribution in [1.29, 1.82) is 0 Å². The lowest BCUT2D eigenvalue weighted by molar-refractivity contribution is 0.252. The van der Waals surface area contributed by atoms with Gasteiger partial charge in [-0.15, -0.1) is 0 Å². The van der Waals surface area contributed by atoms with Crippen molar-refractivity contribution in [2.24, 2.45) is 0 Å². The Morgan fingerprint density at radius 2 is 1.78 bits per heavy atom. The molecule has 4 rings (SSSR count). The highest BCUT2D eigenvalue weighted by Gasteiger charge is 2.15. The molecule has 0 unspecified atom stereocenters. The van der Waals surface area contributed by atoms with Gasteiger partial charge in [0.05, 0.1) is 43.4 Å². The molecule has 0 spiro atoms. The molecule has 4 aromatic rings. The minimum atomic E-state index is -0.385. The van der Waals surface area contributed by atoms with Gasteiger partial charge in [0.15, 0.2) is 17.1 Å². The van der Waals surface area contributed by atoms with Gasteiger partial charge < -0.3 is 30.2 Å².